The predicted octanol–water partition coefficient (Wildman–Crippen LogP) is 3.82. The molecule has 0 aliphatic carbocycles. The Hall–Kier alpha value is -3.08. The second kappa shape index (κ2) is 6.58. The lowest BCUT2D eigenvalue weighted by molar-refractivity contribution is -0.130. The van der Waals surface area contributed by atoms with Gasteiger partial charge in [-0.05, 0) is 48.0 Å². The Labute approximate surface area is 138 Å². The molecule has 1 heterocycles. The van der Waals surface area contributed by atoms with E-state index < -0.39 is 5.97 Å². The molecule has 0 spiro atoms. The van der Waals surface area contributed by atoms with E-state index in [9.17, 15) is 9.18 Å². The number of carbonyl (C=O) groups excluding carboxylic acids is 1. The number of methoxy groups -OCH3 is 2. The molecule has 4 nitrogen and oxygen atoms in total. The molecule has 3 rings (SSSR count). The van der Waals surface area contributed by atoms with Crippen LogP contribution in [0.15, 0.2) is 54.1 Å². The van der Waals surface area contributed by atoms with Gasteiger partial charge in [-0.25, -0.2) is 9.18 Å². The standard InChI is InChI=1S/C19H15FO4/c1-22-16-8-5-13(10-18(16)23-2)17-11-14(19(21)24-17)9-12-3-6-15(20)7-4-12/h3-11H,1-2H3. The van der Waals surface area contributed by atoms with Crippen LogP contribution in [0.3, 0.4) is 0 Å². The van der Waals surface area contributed by atoms with E-state index in [-0.39, 0.29) is 5.82 Å². The minimum absolute atomic E-state index is 0.326. The Morgan fingerprint density at radius 2 is 1.71 bits per heavy atom. The van der Waals surface area contributed by atoms with Gasteiger partial charge in [0, 0.05) is 5.56 Å². The molecular formula is C19H15FO4. The van der Waals surface area contributed by atoms with Crippen molar-refractivity contribution in [1.29, 1.82) is 0 Å². The summed E-state index contributed by atoms with van der Waals surface area (Å²) in [4.78, 5) is 12.0. The number of rotatable bonds is 4. The molecule has 0 N–H and O–H groups in total. The largest absolute Gasteiger partial charge is 0.493 e. The van der Waals surface area contributed by atoms with Crippen LogP contribution in [-0.4, -0.2) is 20.2 Å². The summed E-state index contributed by atoms with van der Waals surface area (Å²) in [5.74, 6) is 0.780. The van der Waals surface area contributed by atoms with Gasteiger partial charge < -0.3 is 14.2 Å². The predicted molar refractivity (Wildman–Crippen MR) is 88.0 cm³/mol. The summed E-state index contributed by atoms with van der Waals surface area (Å²) in [6.07, 6.45) is 3.29. The van der Waals surface area contributed by atoms with Crippen molar-refractivity contribution in [1.82, 2.24) is 0 Å². The van der Waals surface area contributed by atoms with Crippen LogP contribution in [0.2, 0.25) is 0 Å². The van der Waals surface area contributed by atoms with Crippen molar-refractivity contribution >= 4 is 17.8 Å². The van der Waals surface area contributed by atoms with Gasteiger partial charge in [0.15, 0.2) is 11.5 Å². The highest BCUT2D eigenvalue weighted by atomic mass is 19.1. The maximum absolute atomic E-state index is 12.9. The van der Waals surface area contributed by atoms with Crippen LogP contribution in [0.4, 0.5) is 4.39 Å². The molecule has 0 fully saturated rings. The second-order valence-corrected chi connectivity index (χ2v) is 5.12. The molecule has 1 aliphatic heterocycles. The van der Waals surface area contributed by atoms with E-state index in [1.807, 2.05) is 0 Å². The minimum atomic E-state index is -0.455. The first-order valence-corrected chi connectivity index (χ1v) is 7.24. The molecule has 2 aromatic rings. The van der Waals surface area contributed by atoms with Crippen LogP contribution < -0.4 is 9.47 Å². The quantitative estimate of drug-likeness (QED) is 0.633. The van der Waals surface area contributed by atoms with E-state index in [2.05, 4.69) is 0 Å². The van der Waals surface area contributed by atoms with E-state index in [1.165, 1.54) is 19.2 Å². The second-order valence-electron chi connectivity index (χ2n) is 5.12. The van der Waals surface area contributed by atoms with Crippen LogP contribution >= 0.6 is 0 Å². The number of esters is 1. The highest BCUT2D eigenvalue weighted by Crippen LogP contribution is 2.33. The average Bonchev–Trinajstić information content (AvgIpc) is 2.97. The minimum Gasteiger partial charge on any atom is -0.493 e. The Morgan fingerprint density at radius 3 is 2.38 bits per heavy atom. The fourth-order valence-electron chi connectivity index (χ4n) is 2.36. The van der Waals surface area contributed by atoms with Crippen molar-refractivity contribution in [2.75, 3.05) is 14.2 Å². The molecule has 0 unspecified atom stereocenters. The summed E-state index contributed by atoms with van der Waals surface area (Å²) in [6, 6.07) is 11.1. The number of halogens is 1. The molecule has 2 aromatic carbocycles. The Balaban J connectivity index is 1.93. The SMILES string of the molecule is COc1ccc(C2=CC(=Cc3ccc(F)cc3)C(=O)O2)cc1OC. The zero-order valence-corrected chi connectivity index (χ0v) is 13.2. The van der Waals surface area contributed by atoms with Gasteiger partial charge >= 0.3 is 5.97 Å². The van der Waals surface area contributed by atoms with Gasteiger partial charge in [0.2, 0.25) is 0 Å². The zero-order chi connectivity index (χ0) is 17.1. The number of hydrogen-bond acceptors (Lipinski definition) is 4. The molecule has 0 saturated carbocycles. The number of hydrogen-bond donors (Lipinski definition) is 0. The summed E-state index contributed by atoms with van der Waals surface area (Å²) in [5.41, 5.74) is 1.81. The van der Waals surface area contributed by atoms with Gasteiger partial charge in [0.25, 0.3) is 0 Å². The van der Waals surface area contributed by atoms with Crippen LogP contribution in [-0.2, 0) is 9.53 Å². The fourth-order valence-corrected chi connectivity index (χ4v) is 2.36. The zero-order valence-electron chi connectivity index (χ0n) is 13.2. The Kier molecular flexibility index (Phi) is 4.33. The summed E-state index contributed by atoms with van der Waals surface area (Å²) in [7, 11) is 3.09. The molecule has 0 amide bonds. The van der Waals surface area contributed by atoms with Crippen molar-refractivity contribution in [3.8, 4) is 11.5 Å². The van der Waals surface area contributed by atoms with Gasteiger partial charge in [-0.2, -0.15) is 0 Å². The molecule has 1 aliphatic rings. The number of carbonyl (C=O) groups is 1. The average molecular weight is 326 g/mol. The van der Waals surface area contributed by atoms with Gasteiger partial charge in [0.1, 0.15) is 11.6 Å². The topological polar surface area (TPSA) is 44.8 Å². The van der Waals surface area contributed by atoms with E-state index in [0.717, 1.165) is 0 Å². The first-order valence-electron chi connectivity index (χ1n) is 7.24. The molecule has 0 radical (unpaired) electrons. The Bertz CT molecular complexity index is 835. The molecule has 0 saturated heterocycles. The molecular weight excluding hydrogens is 311 g/mol. The van der Waals surface area contributed by atoms with Crippen LogP contribution in [0.5, 0.6) is 11.5 Å². The number of cyclic esters (lactones) is 1. The molecule has 0 aromatic heterocycles. The van der Waals surface area contributed by atoms with E-state index in [4.69, 9.17) is 14.2 Å². The van der Waals surface area contributed by atoms with Crippen molar-refractivity contribution < 1.29 is 23.4 Å². The monoisotopic (exact) mass is 326 g/mol. The van der Waals surface area contributed by atoms with Crippen molar-refractivity contribution in [2.24, 2.45) is 0 Å². The van der Waals surface area contributed by atoms with E-state index >= 15 is 0 Å². The maximum Gasteiger partial charge on any atom is 0.343 e. The molecule has 24 heavy (non-hydrogen) atoms. The van der Waals surface area contributed by atoms with Crippen LogP contribution in [0, 0.1) is 5.82 Å². The highest BCUT2D eigenvalue weighted by molar-refractivity contribution is 6.05. The third-order valence-corrected chi connectivity index (χ3v) is 3.59. The van der Waals surface area contributed by atoms with Gasteiger partial charge in [0.05, 0.1) is 19.8 Å². The third-order valence-electron chi connectivity index (χ3n) is 3.59. The lowest BCUT2D eigenvalue weighted by Crippen LogP contribution is -1.98. The van der Waals surface area contributed by atoms with E-state index in [0.29, 0.717) is 34.0 Å². The Morgan fingerprint density at radius 1 is 1.00 bits per heavy atom. The first kappa shape index (κ1) is 15.8. The normalized spacial score (nSPS) is 15.2. The van der Waals surface area contributed by atoms with Gasteiger partial charge in [-0.15, -0.1) is 0 Å². The molecule has 122 valence electrons. The highest BCUT2D eigenvalue weighted by Gasteiger charge is 2.22. The maximum atomic E-state index is 12.9. The van der Waals surface area contributed by atoms with E-state index in [1.54, 1.807) is 49.6 Å². The number of benzene rings is 2. The summed E-state index contributed by atoms with van der Waals surface area (Å²) in [6.45, 7) is 0. The van der Waals surface area contributed by atoms with Gasteiger partial charge in [-0.3, -0.25) is 0 Å². The molecule has 0 bridgehead atoms. The molecule has 0 atom stereocenters. The van der Waals surface area contributed by atoms with Crippen LogP contribution in [0.1, 0.15) is 11.1 Å². The summed E-state index contributed by atoms with van der Waals surface area (Å²) < 4.78 is 28.7. The summed E-state index contributed by atoms with van der Waals surface area (Å²) in [5, 5.41) is 0. The first-order chi connectivity index (χ1) is 11.6. The third kappa shape index (κ3) is 3.15. The summed E-state index contributed by atoms with van der Waals surface area (Å²) >= 11 is 0. The van der Waals surface area contributed by atoms with Crippen LogP contribution in [0.25, 0.3) is 11.8 Å². The lowest BCUT2D eigenvalue weighted by Gasteiger charge is -2.09. The van der Waals surface area contributed by atoms with Crippen molar-refractivity contribution in [3.63, 3.8) is 0 Å². The van der Waals surface area contributed by atoms with Crippen molar-refractivity contribution in [2.45, 2.75) is 0 Å². The lowest BCUT2D eigenvalue weighted by atomic mass is 10.1. The smallest absolute Gasteiger partial charge is 0.343 e. The fraction of sp³-hybridized carbons (Fsp3) is 0.105. The van der Waals surface area contributed by atoms with Gasteiger partial charge in [-0.1, -0.05) is 12.1 Å². The van der Waals surface area contributed by atoms with Crippen molar-refractivity contribution in [3.05, 3.63) is 71.1 Å². The number of ether oxygens (including phenoxy) is 3. The molecule has 5 heteroatoms.